The van der Waals surface area contributed by atoms with Crippen LogP contribution < -0.4 is 5.46 Å². The van der Waals surface area contributed by atoms with E-state index in [9.17, 15) is 5.11 Å². The van der Waals surface area contributed by atoms with Crippen molar-refractivity contribution in [2.75, 3.05) is 0 Å². The number of aliphatic hydroxyl groups is 1. The Morgan fingerprint density at radius 3 is 2.67 bits per heavy atom. The fourth-order valence-corrected chi connectivity index (χ4v) is 1.03. The Bertz CT molecular complexity index is 292. The zero-order valence-corrected chi connectivity index (χ0v) is 7.54. The summed E-state index contributed by atoms with van der Waals surface area (Å²) in [6.07, 6.45) is 0.689. The molecule has 2 heteroatoms. The topological polar surface area (TPSA) is 20.2 Å². The van der Waals surface area contributed by atoms with Gasteiger partial charge in [-0.2, -0.15) is 0 Å². The molecular formula is C10H13BO. The number of benzene rings is 1. The number of hydrogen-bond donors (Lipinski definition) is 1. The minimum absolute atomic E-state index is 0.435. The third-order valence-electron chi connectivity index (χ3n) is 1.87. The Balaban J connectivity index is 2.96. The van der Waals surface area contributed by atoms with Crippen LogP contribution in [0.15, 0.2) is 24.3 Å². The van der Waals surface area contributed by atoms with E-state index >= 15 is 0 Å². The molecule has 0 spiro atoms. The van der Waals surface area contributed by atoms with Crippen LogP contribution in [0.2, 0.25) is 0 Å². The van der Waals surface area contributed by atoms with Crippen molar-refractivity contribution in [2.45, 2.75) is 20.3 Å². The normalized spacial score (nSPS) is 11.0. The van der Waals surface area contributed by atoms with Crippen molar-refractivity contribution >= 4 is 18.0 Å². The standard InChI is InChI=1S/C10H13BO/c1-3-10(12)11-9-7-5-4-6-8(9)2/h4-7,12H,3H2,1-2H3. The van der Waals surface area contributed by atoms with Crippen LogP contribution in [0.3, 0.4) is 0 Å². The van der Waals surface area contributed by atoms with Crippen molar-refractivity contribution < 1.29 is 5.11 Å². The van der Waals surface area contributed by atoms with Crippen molar-refractivity contribution in [3.8, 4) is 0 Å². The minimum atomic E-state index is 0.435. The second-order valence-corrected chi connectivity index (χ2v) is 2.85. The van der Waals surface area contributed by atoms with E-state index in [0.717, 1.165) is 5.46 Å². The molecule has 12 heavy (non-hydrogen) atoms. The van der Waals surface area contributed by atoms with E-state index < -0.39 is 0 Å². The summed E-state index contributed by atoms with van der Waals surface area (Å²) in [5.41, 5.74) is 2.72. The first-order chi connectivity index (χ1) is 5.74. The molecular weight excluding hydrogens is 147 g/mol. The van der Waals surface area contributed by atoms with Crippen molar-refractivity contribution in [2.24, 2.45) is 0 Å². The molecule has 0 unspecified atom stereocenters. The zero-order valence-electron chi connectivity index (χ0n) is 7.54. The first kappa shape index (κ1) is 9.05. The second-order valence-electron chi connectivity index (χ2n) is 2.85. The summed E-state index contributed by atoms with van der Waals surface area (Å²) in [6, 6.07) is 8.01. The van der Waals surface area contributed by atoms with Gasteiger partial charge in [0.2, 0.25) is 0 Å². The third-order valence-corrected chi connectivity index (χ3v) is 1.87. The average molecular weight is 160 g/mol. The first-order valence-corrected chi connectivity index (χ1v) is 4.19. The number of hydrogen-bond acceptors (Lipinski definition) is 1. The summed E-state index contributed by atoms with van der Waals surface area (Å²) in [5.74, 6) is 0. The van der Waals surface area contributed by atoms with Gasteiger partial charge >= 0.3 is 73.2 Å². The molecule has 1 nitrogen and oxygen atoms in total. The van der Waals surface area contributed by atoms with Gasteiger partial charge in [-0.15, -0.1) is 0 Å². The fourth-order valence-electron chi connectivity index (χ4n) is 1.03. The third kappa shape index (κ3) is 2.23. The van der Waals surface area contributed by atoms with Crippen LogP contribution >= 0.6 is 0 Å². The van der Waals surface area contributed by atoms with Gasteiger partial charge in [0.1, 0.15) is 0 Å². The van der Waals surface area contributed by atoms with Gasteiger partial charge in [0, 0.05) is 0 Å². The molecule has 0 aliphatic carbocycles. The van der Waals surface area contributed by atoms with Gasteiger partial charge in [-0.1, -0.05) is 0 Å². The first-order valence-electron chi connectivity index (χ1n) is 4.19. The predicted molar refractivity (Wildman–Crippen MR) is 53.8 cm³/mol. The molecule has 0 aliphatic heterocycles. The Hall–Kier alpha value is -1.05. The Morgan fingerprint density at radius 1 is 1.42 bits per heavy atom. The van der Waals surface area contributed by atoms with Crippen LogP contribution in [0.25, 0.3) is 0 Å². The molecule has 0 aliphatic rings. The van der Waals surface area contributed by atoms with Gasteiger partial charge in [0.25, 0.3) is 0 Å². The van der Waals surface area contributed by atoms with E-state index in [2.05, 4.69) is 0 Å². The summed E-state index contributed by atoms with van der Waals surface area (Å²) in [4.78, 5) is 0. The van der Waals surface area contributed by atoms with Gasteiger partial charge < -0.3 is 0 Å². The summed E-state index contributed by atoms with van der Waals surface area (Å²) < 4.78 is 0. The molecule has 62 valence electrons. The quantitative estimate of drug-likeness (QED) is 0.645. The van der Waals surface area contributed by atoms with Crippen LogP contribution in [-0.2, 0) is 0 Å². The van der Waals surface area contributed by atoms with Crippen LogP contribution in [0.4, 0.5) is 0 Å². The SMILES string of the molecule is CC/C(O)=B\c1ccccc1C. The van der Waals surface area contributed by atoms with E-state index in [1.165, 1.54) is 5.56 Å². The molecule has 1 rings (SSSR count). The van der Waals surface area contributed by atoms with Gasteiger partial charge in [-0.05, 0) is 0 Å². The maximum absolute atomic E-state index is 9.30. The molecule has 0 aromatic heterocycles. The molecule has 0 saturated carbocycles. The molecule has 0 fully saturated rings. The molecule has 0 radical (unpaired) electrons. The van der Waals surface area contributed by atoms with Gasteiger partial charge in [0.05, 0.1) is 0 Å². The number of aliphatic hydroxyl groups excluding tert-OH is 1. The molecule has 0 amide bonds. The molecule has 0 saturated heterocycles. The van der Waals surface area contributed by atoms with Gasteiger partial charge in [-0.25, -0.2) is 0 Å². The van der Waals surface area contributed by atoms with Gasteiger partial charge in [-0.3, -0.25) is 0 Å². The summed E-state index contributed by atoms with van der Waals surface area (Å²) in [5, 5.41) is 9.30. The average Bonchev–Trinajstić information content (AvgIpc) is 2.09. The monoisotopic (exact) mass is 160 g/mol. The van der Waals surface area contributed by atoms with Gasteiger partial charge in [0.15, 0.2) is 0 Å². The Morgan fingerprint density at radius 2 is 2.08 bits per heavy atom. The zero-order chi connectivity index (χ0) is 8.97. The molecule has 0 bridgehead atoms. The van der Waals surface area contributed by atoms with E-state index in [-0.39, 0.29) is 0 Å². The van der Waals surface area contributed by atoms with E-state index in [1.807, 2.05) is 45.0 Å². The van der Waals surface area contributed by atoms with Crippen LogP contribution in [0, 0.1) is 6.92 Å². The summed E-state index contributed by atoms with van der Waals surface area (Å²) in [6.45, 7) is 5.79. The van der Waals surface area contributed by atoms with Crippen molar-refractivity contribution in [3.63, 3.8) is 0 Å². The van der Waals surface area contributed by atoms with Crippen molar-refractivity contribution in [3.05, 3.63) is 29.8 Å². The maximum atomic E-state index is 9.30. The van der Waals surface area contributed by atoms with Crippen molar-refractivity contribution in [1.29, 1.82) is 0 Å². The summed E-state index contributed by atoms with van der Waals surface area (Å²) in [7, 11) is 0. The molecule has 1 aromatic rings. The van der Waals surface area contributed by atoms with Crippen LogP contribution in [-0.4, -0.2) is 17.7 Å². The van der Waals surface area contributed by atoms with Crippen molar-refractivity contribution in [1.82, 2.24) is 0 Å². The van der Waals surface area contributed by atoms with Crippen LogP contribution in [0.1, 0.15) is 18.9 Å². The number of aryl methyl sites for hydroxylation is 1. The van der Waals surface area contributed by atoms with E-state index in [4.69, 9.17) is 0 Å². The van der Waals surface area contributed by atoms with Crippen LogP contribution in [0.5, 0.6) is 0 Å². The predicted octanol–water partition coefficient (Wildman–Crippen LogP) is 1.24. The number of rotatable bonds is 2. The molecule has 1 N–H and O–H groups in total. The summed E-state index contributed by atoms with van der Waals surface area (Å²) >= 11 is 0. The second kappa shape index (κ2) is 4.10. The Labute approximate surface area is 74.0 Å². The molecule has 0 atom stereocenters. The molecule has 1 aromatic carbocycles. The Kier molecular flexibility index (Phi) is 3.09. The van der Waals surface area contributed by atoms with E-state index in [0.29, 0.717) is 12.1 Å². The molecule has 0 heterocycles. The van der Waals surface area contributed by atoms with E-state index in [1.54, 1.807) is 0 Å². The fraction of sp³-hybridized carbons (Fsp3) is 0.300.